The molecule has 0 saturated heterocycles. The van der Waals surface area contributed by atoms with Crippen LogP contribution >= 0.6 is 11.5 Å². The van der Waals surface area contributed by atoms with Crippen LogP contribution in [-0.4, -0.2) is 10.3 Å². The Hall–Kier alpha value is -1.75. The van der Waals surface area contributed by atoms with Gasteiger partial charge in [-0.1, -0.05) is 18.2 Å². The Morgan fingerprint density at radius 1 is 1.38 bits per heavy atom. The van der Waals surface area contributed by atoms with Crippen LogP contribution < -0.4 is 5.32 Å². The monoisotopic (exact) mass is 236 g/mol. The molecule has 82 valence electrons. The fourth-order valence-electron chi connectivity index (χ4n) is 1.24. The first-order valence-electron chi connectivity index (χ1n) is 4.69. The number of benzene rings is 1. The van der Waals surface area contributed by atoms with Crippen molar-refractivity contribution < 1.29 is 9.18 Å². The minimum absolute atomic E-state index is 0.184. The Kier molecular flexibility index (Phi) is 3.26. The van der Waals surface area contributed by atoms with Gasteiger partial charge in [0, 0.05) is 18.3 Å². The Morgan fingerprint density at radius 2 is 2.19 bits per heavy atom. The first-order chi connectivity index (χ1) is 7.77. The molecule has 0 spiro atoms. The van der Waals surface area contributed by atoms with Crippen molar-refractivity contribution in [3.63, 3.8) is 0 Å². The van der Waals surface area contributed by atoms with Gasteiger partial charge in [0.15, 0.2) is 0 Å². The Labute approximate surface area is 96.1 Å². The van der Waals surface area contributed by atoms with Gasteiger partial charge in [0.05, 0.1) is 0 Å². The van der Waals surface area contributed by atoms with E-state index in [9.17, 15) is 9.18 Å². The lowest BCUT2D eigenvalue weighted by Gasteiger charge is -2.04. The van der Waals surface area contributed by atoms with Gasteiger partial charge >= 0.3 is 0 Å². The van der Waals surface area contributed by atoms with Gasteiger partial charge in [-0.3, -0.25) is 4.79 Å². The van der Waals surface area contributed by atoms with Gasteiger partial charge in [-0.2, -0.15) is 0 Å². The molecule has 0 bridgehead atoms. The molecule has 0 unspecified atom stereocenters. The summed E-state index contributed by atoms with van der Waals surface area (Å²) in [6, 6.07) is 7.99. The molecule has 0 aliphatic rings. The summed E-state index contributed by atoms with van der Waals surface area (Å²) in [6.07, 6.45) is 1.56. The molecule has 3 nitrogen and oxygen atoms in total. The number of nitrogens with zero attached hydrogens (tertiary/aromatic N) is 1. The number of carbonyl (C=O) groups excluding carboxylic acids is 1. The van der Waals surface area contributed by atoms with Crippen molar-refractivity contribution in [3.8, 4) is 0 Å². The number of halogens is 1. The Bertz CT molecular complexity index is 484. The van der Waals surface area contributed by atoms with Gasteiger partial charge < -0.3 is 5.32 Å². The number of hydrogen-bond donors (Lipinski definition) is 1. The summed E-state index contributed by atoms with van der Waals surface area (Å²) < 4.78 is 17.0. The number of aromatic nitrogens is 1. The molecule has 0 aliphatic carbocycles. The van der Waals surface area contributed by atoms with E-state index < -0.39 is 0 Å². The lowest BCUT2D eigenvalue weighted by molar-refractivity contribution is 0.0954. The number of carbonyl (C=O) groups is 1. The third kappa shape index (κ3) is 2.43. The molecule has 2 aromatic rings. The minimum atomic E-state index is -0.313. The number of rotatable bonds is 3. The zero-order valence-corrected chi connectivity index (χ0v) is 9.13. The topological polar surface area (TPSA) is 42.0 Å². The van der Waals surface area contributed by atoms with Crippen molar-refractivity contribution in [1.29, 1.82) is 0 Å². The Morgan fingerprint density at radius 3 is 2.88 bits per heavy atom. The number of nitrogens with one attached hydrogen (secondary N) is 1. The van der Waals surface area contributed by atoms with Crippen LogP contribution in [0.25, 0.3) is 0 Å². The van der Waals surface area contributed by atoms with Crippen LogP contribution in [-0.2, 0) is 6.54 Å². The average molecular weight is 236 g/mol. The van der Waals surface area contributed by atoms with E-state index in [-0.39, 0.29) is 18.3 Å². The quantitative estimate of drug-likeness (QED) is 0.887. The van der Waals surface area contributed by atoms with Crippen LogP contribution in [0.3, 0.4) is 0 Å². The highest BCUT2D eigenvalue weighted by Gasteiger charge is 2.07. The summed E-state index contributed by atoms with van der Waals surface area (Å²) in [7, 11) is 0. The van der Waals surface area contributed by atoms with E-state index in [0.29, 0.717) is 10.4 Å². The highest BCUT2D eigenvalue weighted by molar-refractivity contribution is 7.08. The first-order valence-corrected chi connectivity index (χ1v) is 5.47. The summed E-state index contributed by atoms with van der Waals surface area (Å²) in [4.78, 5) is 12.1. The maximum absolute atomic E-state index is 13.2. The summed E-state index contributed by atoms with van der Waals surface area (Å²) in [5, 5.41) is 2.63. The summed E-state index contributed by atoms with van der Waals surface area (Å²) >= 11 is 1.11. The standard InChI is InChI=1S/C11H9FN2OS/c12-9-4-2-1-3-8(9)7-13-11(15)10-5-6-14-16-10/h1-6H,7H2,(H,13,15). The molecule has 2 rings (SSSR count). The molecule has 1 amide bonds. The van der Waals surface area contributed by atoms with Crippen molar-refractivity contribution in [2.45, 2.75) is 6.54 Å². The van der Waals surface area contributed by atoms with E-state index in [4.69, 9.17) is 0 Å². The van der Waals surface area contributed by atoms with Crippen LogP contribution in [0.4, 0.5) is 4.39 Å². The van der Waals surface area contributed by atoms with E-state index in [0.717, 1.165) is 11.5 Å². The molecular weight excluding hydrogens is 227 g/mol. The predicted molar refractivity (Wildman–Crippen MR) is 59.7 cm³/mol. The SMILES string of the molecule is O=C(NCc1ccccc1F)c1ccns1. The molecule has 0 aliphatic heterocycles. The van der Waals surface area contributed by atoms with Gasteiger partial charge in [-0.15, -0.1) is 0 Å². The molecule has 5 heteroatoms. The summed E-state index contributed by atoms with van der Waals surface area (Å²) in [6.45, 7) is 0.184. The number of hydrogen-bond acceptors (Lipinski definition) is 3. The summed E-state index contributed by atoms with van der Waals surface area (Å²) in [5.41, 5.74) is 0.473. The highest BCUT2D eigenvalue weighted by atomic mass is 32.1. The third-order valence-corrected chi connectivity index (χ3v) is 2.80. The highest BCUT2D eigenvalue weighted by Crippen LogP contribution is 2.07. The molecule has 1 aromatic heterocycles. The third-order valence-electron chi connectivity index (χ3n) is 2.06. The van der Waals surface area contributed by atoms with Crippen LogP contribution in [0.2, 0.25) is 0 Å². The lowest BCUT2D eigenvalue weighted by Crippen LogP contribution is -2.22. The maximum Gasteiger partial charge on any atom is 0.263 e. The van der Waals surface area contributed by atoms with Gasteiger partial charge in [-0.05, 0) is 23.7 Å². The fraction of sp³-hybridized carbons (Fsp3) is 0.0909. The van der Waals surface area contributed by atoms with E-state index in [1.165, 1.54) is 6.07 Å². The second-order valence-electron chi connectivity index (χ2n) is 3.15. The molecule has 0 radical (unpaired) electrons. The summed E-state index contributed by atoms with van der Waals surface area (Å²) in [5.74, 6) is -0.544. The van der Waals surface area contributed by atoms with Gasteiger partial charge in [0.1, 0.15) is 10.7 Å². The van der Waals surface area contributed by atoms with Crippen LogP contribution in [0.15, 0.2) is 36.5 Å². The zero-order valence-electron chi connectivity index (χ0n) is 8.31. The predicted octanol–water partition coefficient (Wildman–Crippen LogP) is 2.21. The van der Waals surface area contributed by atoms with Crippen molar-refractivity contribution in [2.24, 2.45) is 0 Å². The van der Waals surface area contributed by atoms with Crippen molar-refractivity contribution in [3.05, 3.63) is 52.8 Å². The van der Waals surface area contributed by atoms with E-state index >= 15 is 0 Å². The van der Waals surface area contributed by atoms with Gasteiger partial charge in [0.2, 0.25) is 0 Å². The molecule has 0 saturated carbocycles. The van der Waals surface area contributed by atoms with E-state index in [1.807, 2.05) is 0 Å². The normalized spacial score (nSPS) is 10.1. The lowest BCUT2D eigenvalue weighted by atomic mass is 10.2. The minimum Gasteiger partial charge on any atom is -0.347 e. The smallest absolute Gasteiger partial charge is 0.263 e. The second-order valence-corrected chi connectivity index (χ2v) is 3.98. The molecule has 16 heavy (non-hydrogen) atoms. The van der Waals surface area contributed by atoms with Crippen LogP contribution in [0.5, 0.6) is 0 Å². The van der Waals surface area contributed by atoms with Crippen LogP contribution in [0.1, 0.15) is 15.2 Å². The fourth-order valence-corrected chi connectivity index (χ4v) is 1.75. The number of amides is 1. The molecule has 1 N–H and O–H groups in total. The largest absolute Gasteiger partial charge is 0.347 e. The molecular formula is C11H9FN2OS. The van der Waals surface area contributed by atoms with Gasteiger partial charge in [-0.25, -0.2) is 8.76 Å². The van der Waals surface area contributed by atoms with Crippen molar-refractivity contribution in [1.82, 2.24) is 9.69 Å². The van der Waals surface area contributed by atoms with Crippen molar-refractivity contribution in [2.75, 3.05) is 0 Å². The maximum atomic E-state index is 13.2. The molecule has 0 fully saturated rings. The molecule has 1 heterocycles. The van der Waals surface area contributed by atoms with E-state index in [2.05, 4.69) is 9.69 Å². The average Bonchev–Trinajstić information content (AvgIpc) is 2.81. The van der Waals surface area contributed by atoms with Crippen molar-refractivity contribution >= 4 is 17.4 Å². The van der Waals surface area contributed by atoms with Gasteiger partial charge in [0.25, 0.3) is 5.91 Å². The zero-order chi connectivity index (χ0) is 11.4. The van der Waals surface area contributed by atoms with Crippen LogP contribution in [0, 0.1) is 5.82 Å². The van der Waals surface area contributed by atoms with E-state index in [1.54, 1.807) is 30.5 Å². The Balaban J connectivity index is 1.98. The molecule has 1 aromatic carbocycles. The first kappa shape index (κ1) is 10.8. The molecule has 0 atom stereocenters. The second kappa shape index (κ2) is 4.85.